The van der Waals surface area contributed by atoms with E-state index in [-0.39, 0.29) is 11.7 Å². The van der Waals surface area contributed by atoms with E-state index in [1.807, 2.05) is 35.0 Å². The molecule has 4 rings (SSSR count). The van der Waals surface area contributed by atoms with Crippen molar-refractivity contribution in [3.63, 3.8) is 0 Å². The number of hydrogen-bond acceptors (Lipinski definition) is 8. The van der Waals surface area contributed by atoms with Gasteiger partial charge in [0.25, 0.3) is 0 Å². The summed E-state index contributed by atoms with van der Waals surface area (Å²) >= 11 is 4.29. The van der Waals surface area contributed by atoms with Crippen LogP contribution in [-0.2, 0) is 4.79 Å². The summed E-state index contributed by atoms with van der Waals surface area (Å²) in [7, 11) is 0. The van der Waals surface area contributed by atoms with Crippen LogP contribution in [0.2, 0.25) is 0 Å². The van der Waals surface area contributed by atoms with Crippen LogP contribution in [0.1, 0.15) is 0 Å². The average molecular weight is 374 g/mol. The number of anilines is 1. The molecule has 4 aromatic rings. The lowest BCUT2D eigenvalue weighted by Crippen LogP contribution is -2.14. The van der Waals surface area contributed by atoms with E-state index in [4.69, 9.17) is 0 Å². The molecule has 24 heavy (non-hydrogen) atoms. The molecule has 0 unspecified atom stereocenters. The third-order valence-corrected chi connectivity index (χ3v) is 5.52. The Bertz CT molecular complexity index is 964. The number of thiophene rings is 1. The van der Waals surface area contributed by atoms with Crippen LogP contribution < -0.4 is 5.32 Å². The van der Waals surface area contributed by atoms with Gasteiger partial charge in [0.2, 0.25) is 11.1 Å². The Hall–Kier alpha value is -2.30. The molecule has 0 saturated heterocycles. The summed E-state index contributed by atoms with van der Waals surface area (Å²) in [4.78, 5) is 17.1. The van der Waals surface area contributed by atoms with Crippen LogP contribution in [-0.4, -0.2) is 36.5 Å². The molecule has 0 aliphatic heterocycles. The van der Waals surface area contributed by atoms with E-state index in [0.29, 0.717) is 15.9 Å². The predicted molar refractivity (Wildman–Crippen MR) is 95.6 cm³/mol. The first kappa shape index (κ1) is 15.2. The minimum atomic E-state index is -0.138. The van der Waals surface area contributed by atoms with Crippen LogP contribution in [0.3, 0.4) is 0 Å². The molecule has 1 amide bonds. The second-order valence-electron chi connectivity index (χ2n) is 4.62. The highest BCUT2D eigenvalue weighted by molar-refractivity contribution is 7.99. The third kappa shape index (κ3) is 3.16. The molecule has 4 aromatic heterocycles. The van der Waals surface area contributed by atoms with Gasteiger partial charge in [0.1, 0.15) is 5.69 Å². The van der Waals surface area contributed by atoms with Gasteiger partial charge in [-0.25, -0.2) is 4.98 Å². The average Bonchev–Trinajstić information content (AvgIpc) is 3.34. The lowest BCUT2D eigenvalue weighted by Gasteiger charge is -2.02. The Morgan fingerprint density at radius 1 is 1.21 bits per heavy atom. The molecule has 0 aromatic carbocycles. The molecule has 0 aliphatic rings. The Morgan fingerprint density at radius 3 is 2.96 bits per heavy atom. The Kier molecular flexibility index (Phi) is 4.24. The quantitative estimate of drug-likeness (QED) is 0.541. The van der Waals surface area contributed by atoms with Crippen molar-refractivity contribution >= 4 is 51.1 Å². The summed E-state index contributed by atoms with van der Waals surface area (Å²) in [6, 6.07) is 7.78. The monoisotopic (exact) mass is 374 g/mol. The lowest BCUT2D eigenvalue weighted by molar-refractivity contribution is -0.113. The first-order chi connectivity index (χ1) is 11.8. The number of fused-ring (bicyclic) bond motifs is 1. The van der Waals surface area contributed by atoms with Gasteiger partial charge in [-0.2, -0.15) is 9.61 Å². The van der Waals surface area contributed by atoms with Gasteiger partial charge in [0.15, 0.2) is 10.8 Å². The van der Waals surface area contributed by atoms with Gasteiger partial charge < -0.3 is 5.32 Å². The van der Waals surface area contributed by atoms with Gasteiger partial charge in [-0.3, -0.25) is 4.79 Å². The molecule has 0 saturated carbocycles. The van der Waals surface area contributed by atoms with Crippen molar-refractivity contribution in [2.75, 3.05) is 11.1 Å². The summed E-state index contributed by atoms with van der Waals surface area (Å²) in [5.41, 5.74) is 1.50. The summed E-state index contributed by atoms with van der Waals surface area (Å²) in [6.45, 7) is 0. The highest BCUT2D eigenvalue weighted by Crippen LogP contribution is 2.24. The number of aromatic nitrogens is 5. The fourth-order valence-electron chi connectivity index (χ4n) is 1.99. The number of thioether (sulfide) groups is 1. The zero-order chi connectivity index (χ0) is 16.4. The topological polar surface area (TPSA) is 85.1 Å². The first-order valence-corrected chi connectivity index (χ1v) is 9.62. The van der Waals surface area contributed by atoms with Gasteiger partial charge in [0, 0.05) is 11.6 Å². The number of nitrogens with zero attached hydrogens (tertiary/aromatic N) is 5. The van der Waals surface area contributed by atoms with Crippen molar-refractivity contribution in [3.8, 4) is 10.6 Å². The van der Waals surface area contributed by atoms with E-state index >= 15 is 0 Å². The number of rotatable bonds is 5. The van der Waals surface area contributed by atoms with Gasteiger partial charge in [-0.05, 0) is 23.6 Å². The van der Waals surface area contributed by atoms with Crippen molar-refractivity contribution < 1.29 is 4.79 Å². The fourth-order valence-corrected chi connectivity index (χ4v) is 3.91. The molecule has 0 atom stereocenters. The Balaban J connectivity index is 1.51. The molecule has 0 aliphatic carbocycles. The smallest absolute Gasteiger partial charge is 0.236 e. The molecule has 0 bridgehead atoms. The number of thiazole rings is 1. The Labute approximate surface area is 148 Å². The van der Waals surface area contributed by atoms with Crippen molar-refractivity contribution in [2.24, 2.45) is 0 Å². The largest absolute Gasteiger partial charge is 0.301 e. The first-order valence-electron chi connectivity index (χ1n) is 6.88. The predicted octanol–water partition coefficient (Wildman–Crippen LogP) is 3.04. The molecule has 10 heteroatoms. The zero-order valence-corrected chi connectivity index (χ0v) is 14.6. The normalized spacial score (nSPS) is 11.0. The van der Waals surface area contributed by atoms with Crippen molar-refractivity contribution in [1.82, 2.24) is 24.8 Å². The second-order valence-corrected chi connectivity index (χ2v) is 7.41. The van der Waals surface area contributed by atoms with Crippen LogP contribution in [0, 0.1) is 0 Å². The van der Waals surface area contributed by atoms with Crippen molar-refractivity contribution in [1.29, 1.82) is 0 Å². The van der Waals surface area contributed by atoms with Crippen LogP contribution in [0.25, 0.3) is 16.2 Å². The third-order valence-electron chi connectivity index (χ3n) is 3.02. The molecule has 0 spiro atoms. The molecular formula is C14H10N6OS3. The molecule has 4 heterocycles. The maximum Gasteiger partial charge on any atom is 0.236 e. The Morgan fingerprint density at radius 2 is 2.17 bits per heavy atom. The fraction of sp³-hybridized carbons (Fsp3) is 0.0714. The van der Waals surface area contributed by atoms with Crippen molar-refractivity contribution in [2.45, 2.75) is 5.16 Å². The SMILES string of the molecule is O=C(CSc1nnc2ccc(-c3cccs3)nn12)Nc1nccs1. The van der Waals surface area contributed by atoms with E-state index in [1.165, 1.54) is 23.1 Å². The van der Waals surface area contributed by atoms with E-state index in [0.717, 1.165) is 10.6 Å². The van der Waals surface area contributed by atoms with E-state index < -0.39 is 0 Å². The maximum absolute atomic E-state index is 12.0. The number of carbonyl (C=O) groups excluding carboxylic acids is 1. The van der Waals surface area contributed by atoms with E-state index in [1.54, 1.807) is 22.0 Å². The maximum atomic E-state index is 12.0. The molecule has 0 fully saturated rings. The number of amides is 1. The molecule has 120 valence electrons. The van der Waals surface area contributed by atoms with Gasteiger partial charge in [-0.15, -0.1) is 32.9 Å². The number of nitrogens with one attached hydrogen (secondary N) is 1. The highest BCUT2D eigenvalue weighted by atomic mass is 32.2. The van der Waals surface area contributed by atoms with Gasteiger partial charge in [0.05, 0.1) is 10.6 Å². The number of hydrogen-bond donors (Lipinski definition) is 1. The summed E-state index contributed by atoms with van der Waals surface area (Å²) < 4.78 is 1.66. The molecule has 7 nitrogen and oxygen atoms in total. The minimum absolute atomic E-state index is 0.138. The van der Waals surface area contributed by atoms with Gasteiger partial charge in [-0.1, -0.05) is 17.8 Å². The highest BCUT2D eigenvalue weighted by Gasteiger charge is 2.12. The summed E-state index contributed by atoms with van der Waals surface area (Å²) in [5, 5.41) is 20.5. The number of carbonyl (C=O) groups is 1. The molecule has 1 N–H and O–H groups in total. The zero-order valence-electron chi connectivity index (χ0n) is 12.1. The lowest BCUT2D eigenvalue weighted by atomic mass is 10.3. The van der Waals surface area contributed by atoms with Crippen LogP contribution in [0.5, 0.6) is 0 Å². The minimum Gasteiger partial charge on any atom is -0.301 e. The van der Waals surface area contributed by atoms with Crippen LogP contribution in [0.4, 0.5) is 5.13 Å². The standard InChI is InChI=1S/C14H10N6OS3/c21-12(16-13-15-5-7-23-13)8-24-14-18-17-11-4-3-9(19-20(11)14)10-2-1-6-22-10/h1-7H,8H2,(H,15,16,21). The molecule has 0 radical (unpaired) electrons. The van der Waals surface area contributed by atoms with E-state index in [9.17, 15) is 4.79 Å². The van der Waals surface area contributed by atoms with Crippen molar-refractivity contribution in [3.05, 3.63) is 41.2 Å². The van der Waals surface area contributed by atoms with E-state index in [2.05, 4.69) is 25.6 Å². The summed E-state index contributed by atoms with van der Waals surface area (Å²) in [5.74, 6) is 0.0757. The van der Waals surface area contributed by atoms with Crippen LogP contribution >= 0.6 is 34.4 Å². The van der Waals surface area contributed by atoms with Gasteiger partial charge >= 0.3 is 0 Å². The van der Waals surface area contributed by atoms with Crippen LogP contribution in [0.15, 0.2) is 46.4 Å². The second kappa shape index (κ2) is 6.67. The summed E-state index contributed by atoms with van der Waals surface area (Å²) in [6.07, 6.45) is 1.65. The molecular weight excluding hydrogens is 364 g/mol.